The zero-order chi connectivity index (χ0) is 19.3. The van der Waals surface area contributed by atoms with Crippen molar-refractivity contribution >= 4 is 15.7 Å². The second-order valence-electron chi connectivity index (χ2n) is 6.16. The van der Waals surface area contributed by atoms with E-state index in [1.165, 1.54) is 22.5 Å². The Hall–Kier alpha value is -2.49. The van der Waals surface area contributed by atoms with Crippen LogP contribution in [-0.4, -0.2) is 61.9 Å². The van der Waals surface area contributed by atoms with Crippen molar-refractivity contribution in [3.63, 3.8) is 0 Å². The van der Waals surface area contributed by atoms with Crippen molar-refractivity contribution in [3.05, 3.63) is 64.7 Å². The summed E-state index contributed by atoms with van der Waals surface area (Å²) < 4.78 is 32.5. The topological polar surface area (TPSA) is 93.0 Å². The van der Waals surface area contributed by atoms with Crippen molar-refractivity contribution in [2.75, 3.05) is 39.3 Å². The number of nitro benzene ring substituents is 1. The van der Waals surface area contributed by atoms with Crippen molar-refractivity contribution in [2.45, 2.75) is 4.90 Å². The minimum absolute atomic E-state index is 0.0439. The SMILES string of the molecule is O=[N+]([O-])c1cccc(S(=O)(=O)N2CCN(CCOc3ccccc3)CC2)c1. The molecule has 0 unspecified atom stereocenters. The molecule has 1 aliphatic rings. The van der Waals surface area contributed by atoms with Crippen LogP contribution in [0.3, 0.4) is 0 Å². The minimum atomic E-state index is -3.73. The van der Waals surface area contributed by atoms with Crippen LogP contribution in [0.25, 0.3) is 0 Å². The number of hydrogen-bond donors (Lipinski definition) is 0. The van der Waals surface area contributed by atoms with E-state index in [0.717, 1.165) is 11.8 Å². The van der Waals surface area contributed by atoms with Gasteiger partial charge in [-0.15, -0.1) is 0 Å². The Bertz CT molecular complexity index is 881. The molecule has 0 spiro atoms. The van der Waals surface area contributed by atoms with Crippen LogP contribution in [0, 0.1) is 10.1 Å². The molecule has 1 saturated heterocycles. The van der Waals surface area contributed by atoms with Crippen LogP contribution in [0.4, 0.5) is 5.69 Å². The first-order chi connectivity index (χ1) is 13.0. The number of nitrogens with zero attached hydrogens (tertiary/aromatic N) is 3. The Morgan fingerprint density at radius 2 is 1.70 bits per heavy atom. The van der Waals surface area contributed by atoms with Gasteiger partial charge < -0.3 is 4.74 Å². The number of para-hydroxylation sites is 1. The average Bonchev–Trinajstić information content (AvgIpc) is 2.69. The van der Waals surface area contributed by atoms with E-state index in [1.807, 2.05) is 30.3 Å². The summed E-state index contributed by atoms with van der Waals surface area (Å²) in [5, 5.41) is 10.9. The first-order valence-corrected chi connectivity index (χ1v) is 10.1. The molecule has 27 heavy (non-hydrogen) atoms. The molecule has 2 aromatic carbocycles. The Morgan fingerprint density at radius 3 is 2.37 bits per heavy atom. The van der Waals surface area contributed by atoms with Gasteiger partial charge in [0.25, 0.3) is 5.69 Å². The van der Waals surface area contributed by atoms with E-state index in [1.54, 1.807) is 0 Å². The fourth-order valence-corrected chi connectivity index (χ4v) is 4.37. The van der Waals surface area contributed by atoms with Crippen molar-refractivity contribution in [3.8, 4) is 5.75 Å². The number of nitro groups is 1. The van der Waals surface area contributed by atoms with Gasteiger partial charge in [-0.1, -0.05) is 24.3 Å². The molecule has 2 aromatic rings. The van der Waals surface area contributed by atoms with E-state index < -0.39 is 14.9 Å². The molecule has 1 aliphatic heterocycles. The molecule has 1 fully saturated rings. The predicted molar refractivity (Wildman–Crippen MR) is 100 cm³/mol. The van der Waals surface area contributed by atoms with Crippen LogP contribution in [0.15, 0.2) is 59.5 Å². The summed E-state index contributed by atoms with van der Waals surface area (Å²) in [4.78, 5) is 12.4. The van der Waals surface area contributed by atoms with E-state index in [2.05, 4.69) is 4.90 Å². The van der Waals surface area contributed by atoms with Gasteiger partial charge in [-0.05, 0) is 18.2 Å². The molecule has 0 radical (unpaired) electrons. The second-order valence-corrected chi connectivity index (χ2v) is 8.10. The maximum Gasteiger partial charge on any atom is 0.270 e. The van der Waals surface area contributed by atoms with Crippen molar-refractivity contribution in [1.29, 1.82) is 0 Å². The smallest absolute Gasteiger partial charge is 0.270 e. The number of hydrogen-bond acceptors (Lipinski definition) is 6. The number of piperazine rings is 1. The number of ether oxygens (including phenoxy) is 1. The molecular weight excluding hydrogens is 370 g/mol. The Balaban J connectivity index is 1.53. The van der Waals surface area contributed by atoms with Crippen molar-refractivity contribution < 1.29 is 18.1 Å². The van der Waals surface area contributed by atoms with E-state index >= 15 is 0 Å². The van der Waals surface area contributed by atoms with E-state index in [0.29, 0.717) is 39.3 Å². The quantitative estimate of drug-likeness (QED) is 0.529. The number of non-ortho nitro benzene ring substituents is 1. The molecule has 0 saturated carbocycles. The molecule has 0 amide bonds. The monoisotopic (exact) mass is 391 g/mol. The zero-order valence-electron chi connectivity index (χ0n) is 14.7. The molecule has 0 aliphatic carbocycles. The molecule has 144 valence electrons. The highest BCUT2D eigenvalue weighted by atomic mass is 32.2. The van der Waals surface area contributed by atoms with Gasteiger partial charge in [0.2, 0.25) is 10.0 Å². The summed E-state index contributed by atoms with van der Waals surface area (Å²) in [5.74, 6) is 0.810. The molecule has 3 rings (SSSR count). The van der Waals surface area contributed by atoms with Gasteiger partial charge in [-0.25, -0.2) is 8.42 Å². The van der Waals surface area contributed by atoms with Gasteiger partial charge >= 0.3 is 0 Å². The summed E-state index contributed by atoms with van der Waals surface area (Å²) in [7, 11) is -3.73. The summed E-state index contributed by atoms with van der Waals surface area (Å²) in [5.41, 5.74) is -0.229. The third-order valence-electron chi connectivity index (χ3n) is 4.42. The van der Waals surface area contributed by atoms with Crippen LogP contribution in [-0.2, 0) is 10.0 Å². The van der Waals surface area contributed by atoms with Crippen molar-refractivity contribution in [1.82, 2.24) is 9.21 Å². The van der Waals surface area contributed by atoms with Crippen molar-refractivity contribution in [2.24, 2.45) is 0 Å². The van der Waals surface area contributed by atoms with Gasteiger partial charge in [0, 0.05) is 44.9 Å². The fourth-order valence-electron chi connectivity index (χ4n) is 2.91. The maximum absolute atomic E-state index is 12.7. The minimum Gasteiger partial charge on any atom is -0.492 e. The normalized spacial score (nSPS) is 16.1. The second kappa shape index (κ2) is 8.47. The standard InChI is InChI=1S/C18H21N3O5S/c22-21(23)16-5-4-8-18(15-16)27(24,25)20-11-9-19(10-12-20)13-14-26-17-6-2-1-3-7-17/h1-8,15H,9-14H2. The van der Waals surface area contributed by atoms with Gasteiger partial charge in [0.1, 0.15) is 12.4 Å². The molecule has 0 bridgehead atoms. The third kappa shape index (κ3) is 4.82. The van der Waals surface area contributed by atoms with Gasteiger partial charge in [0.15, 0.2) is 0 Å². The van der Waals surface area contributed by atoms with Crippen LogP contribution < -0.4 is 4.74 Å². The Kier molecular flexibility index (Phi) is 6.04. The van der Waals surface area contributed by atoms with Crippen LogP contribution >= 0.6 is 0 Å². The lowest BCUT2D eigenvalue weighted by molar-refractivity contribution is -0.385. The van der Waals surface area contributed by atoms with E-state index in [4.69, 9.17) is 4.74 Å². The summed E-state index contributed by atoms with van der Waals surface area (Å²) in [6, 6.07) is 14.7. The number of benzene rings is 2. The zero-order valence-corrected chi connectivity index (χ0v) is 15.5. The van der Waals surface area contributed by atoms with Gasteiger partial charge in [-0.2, -0.15) is 4.31 Å². The first kappa shape index (κ1) is 19.3. The van der Waals surface area contributed by atoms with Crippen LogP contribution in [0.2, 0.25) is 0 Å². The molecule has 0 N–H and O–H groups in total. The molecule has 9 heteroatoms. The lowest BCUT2D eigenvalue weighted by Crippen LogP contribution is -2.49. The highest BCUT2D eigenvalue weighted by Gasteiger charge is 2.29. The fraction of sp³-hybridized carbons (Fsp3) is 0.333. The first-order valence-electron chi connectivity index (χ1n) is 8.61. The summed E-state index contributed by atoms with van der Waals surface area (Å²) in [6.07, 6.45) is 0. The third-order valence-corrected chi connectivity index (χ3v) is 6.31. The van der Waals surface area contributed by atoms with E-state index in [9.17, 15) is 18.5 Å². The predicted octanol–water partition coefficient (Wildman–Crippen LogP) is 1.98. The van der Waals surface area contributed by atoms with Gasteiger partial charge in [0.05, 0.1) is 9.82 Å². The highest BCUT2D eigenvalue weighted by molar-refractivity contribution is 7.89. The molecular formula is C18H21N3O5S. The Morgan fingerprint density at radius 1 is 1.00 bits per heavy atom. The highest BCUT2D eigenvalue weighted by Crippen LogP contribution is 2.22. The van der Waals surface area contributed by atoms with Crippen LogP contribution in [0.1, 0.15) is 0 Å². The number of sulfonamides is 1. The maximum atomic E-state index is 12.7. The average molecular weight is 391 g/mol. The van der Waals surface area contributed by atoms with Crippen LogP contribution in [0.5, 0.6) is 5.75 Å². The molecule has 0 aromatic heterocycles. The lowest BCUT2D eigenvalue weighted by Gasteiger charge is -2.33. The van der Waals surface area contributed by atoms with Gasteiger partial charge in [-0.3, -0.25) is 15.0 Å². The van der Waals surface area contributed by atoms with E-state index in [-0.39, 0.29) is 10.6 Å². The molecule has 1 heterocycles. The summed E-state index contributed by atoms with van der Waals surface area (Å²) in [6.45, 7) is 3.10. The molecule has 8 nitrogen and oxygen atoms in total. The summed E-state index contributed by atoms with van der Waals surface area (Å²) >= 11 is 0. The largest absolute Gasteiger partial charge is 0.492 e. The molecule has 0 atom stereocenters. The lowest BCUT2D eigenvalue weighted by atomic mass is 10.3. The number of rotatable bonds is 7. The Labute approximate surface area is 158 Å².